The first-order chi connectivity index (χ1) is 9.49. The Bertz CT molecular complexity index is 661. The van der Waals surface area contributed by atoms with E-state index in [2.05, 4.69) is 21.2 Å². The van der Waals surface area contributed by atoms with Crippen molar-refractivity contribution < 1.29 is 14.8 Å². The molecule has 0 atom stereocenters. The van der Waals surface area contributed by atoms with E-state index in [9.17, 15) is 15.2 Å². The first kappa shape index (κ1) is 14.1. The highest BCUT2D eigenvalue weighted by Crippen LogP contribution is 2.33. The molecule has 7 heteroatoms. The number of rotatable bonds is 4. The number of nitrogens with zero attached hydrogens (tertiary/aromatic N) is 1. The number of anilines is 2. The Balaban J connectivity index is 2.39. The molecule has 0 amide bonds. The number of halogens is 1. The van der Waals surface area contributed by atoms with E-state index in [1.54, 1.807) is 18.2 Å². The summed E-state index contributed by atoms with van der Waals surface area (Å²) in [6.07, 6.45) is 0. The third kappa shape index (κ3) is 3.18. The molecule has 0 bridgehead atoms. The van der Waals surface area contributed by atoms with Gasteiger partial charge in [0.05, 0.1) is 18.1 Å². The highest BCUT2D eigenvalue weighted by Gasteiger charge is 2.15. The average molecular weight is 339 g/mol. The quantitative estimate of drug-likeness (QED) is 0.503. The maximum atomic E-state index is 11.0. The van der Waals surface area contributed by atoms with Crippen molar-refractivity contribution in [1.82, 2.24) is 0 Å². The first-order valence-electron chi connectivity index (χ1n) is 5.58. The summed E-state index contributed by atoms with van der Waals surface area (Å²) in [5, 5.41) is 23.2. The Kier molecular flexibility index (Phi) is 4.09. The lowest BCUT2D eigenvalue weighted by molar-refractivity contribution is -0.384. The molecular weight excluding hydrogens is 328 g/mol. The lowest BCUT2D eigenvalue weighted by atomic mass is 10.2. The summed E-state index contributed by atoms with van der Waals surface area (Å²) in [7, 11) is 1.54. The predicted octanol–water partition coefficient (Wildman–Crippen LogP) is 3.82. The fraction of sp³-hybridized carbons (Fsp3) is 0.0769. The molecule has 2 N–H and O–H groups in total. The molecule has 0 saturated heterocycles. The van der Waals surface area contributed by atoms with E-state index in [1.165, 1.54) is 19.2 Å². The second kappa shape index (κ2) is 5.79. The van der Waals surface area contributed by atoms with E-state index in [0.29, 0.717) is 11.4 Å². The minimum absolute atomic E-state index is 0.158. The number of benzene rings is 2. The van der Waals surface area contributed by atoms with Crippen molar-refractivity contribution in [2.24, 2.45) is 0 Å². The Labute approximate surface area is 123 Å². The van der Waals surface area contributed by atoms with Crippen LogP contribution in [-0.2, 0) is 0 Å². The third-order valence-corrected chi connectivity index (χ3v) is 3.02. The number of phenolic OH excluding ortho intramolecular Hbond substituents is 1. The van der Waals surface area contributed by atoms with Gasteiger partial charge in [0.25, 0.3) is 5.69 Å². The zero-order chi connectivity index (χ0) is 14.7. The number of nitro groups is 1. The molecule has 0 fully saturated rings. The molecule has 0 heterocycles. The number of methoxy groups -OCH3 is 1. The van der Waals surface area contributed by atoms with Crippen LogP contribution in [0, 0.1) is 10.1 Å². The van der Waals surface area contributed by atoms with Crippen molar-refractivity contribution >= 4 is 33.0 Å². The molecule has 0 aliphatic carbocycles. The van der Waals surface area contributed by atoms with Gasteiger partial charge in [0.15, 0.2) is 0 Å². The zero-order valence-electron chi connectivity index (χ0n) is 10.5. The molecule has 0 aromatic heterocycles. The molecule has 2 aromatic rings. The van der Waals surface area contributed by atoms with Gasteiger partial charge in [-0.25, -0.2) is 0 Å². The minimum atomic E-state index is -0.558. The number of phenols is 1. The fourth-order valence-electron chi connectivity index (χ4n) is 1.69. The van der Waals surface area contributed by atoms with Gasteiger partial charge >= 0.3 is 0 Å². The Morgan fingerprint density at radius 1 is 1.30 bits per heavy atom. The minimum Gasteiger partial charge on any atom is -0.508 e. The molecule has 104 valence electrons. The van der Waals surface area contributed by atoms with Crippen LogP contribution in [-0.4, -0.2) is 17.1 Å². The van der Waals surface area contributed by atoms with Gasteiger partial charge in [0, 0.05) is 16.2 Å². The largest absolute Gasteiger partial charge is 0.508 e. The Morgan fingerprint density at radius 2 is 2.05 bits per heavy atom. The van der Waals surface area contributed by atoms with Crippen molar-refractivity contribution in [2.45, 2.75) is 0 Å². The van der Waals surface area contributed by atoms with Crippen LogP contribution in [0.4, 0.5) is 17.1 Å². The van der Waals surface area contributed by atoms with Crippen LogP contribution in [0.1, 0.15) is 0 Å². The standard InChI is InChI=1S/C13H11BrN2O4/c1-20-11-5-8(14)4-9(6-11)15-12-3-2-10(17)7-13(12)16(18)19/h2-7,15,17H,1H3. The van der Waals surface area contributed by atoms with Crippen LogP contribution >= 0.6 is 15.9 Å². The monoisotopic (exact) mass is 338 g/mol. The highest BCUT2D eigenvalue weighted by atomic mass is 79.9. The summed E-state index contributed by atoms with van der Waals surface area (Å²) < 4.78 is 5.90. The lowest BCUT2D eigenvalue weighted by Crippen LogP contribution is -1.97. The number of nitrogens with one attached hydrogen (secondary N) is 1. The van der Waals surface area contributed by atoms with Gasteiger partial charge in [-0.2, -0.15) is 0 Å². The van der Waals surface area contributed by atoms with Crippen LogP contribution in [0.3, 0.4) is 0 Å². The average Bonchev–Trinajstić information content (AvgIpc) is 2.40. The molecule has 0 saturated carbocycles. The molecule has 6 nitrogen and oxygen atoms in total. The number of hydrogen-bond acceptors (Lipinski definition) is 5. The van der Waals surface area contributed by atoms with E-state index in [0.717, 1.165) is 10.5 Å². The van der Waals surface area contributed by atoms with Crippen molar-refractivity contribution in [2.75, 3.05) is 12.4 Å². The SMILES string of the molecule is COc1cc(Br)cc(Nc2ccc(O)cc2[N+](=O)[O-])c1. The van der Waals surface area contributed by atoms with Crippen LogP contribution in [0.5, 0.6) is 11.5 Å². The topological polar surface area (TPSA) is 84.6 Å². The van der Waals surface area contributed by atoms with Crippen molar-refractivity contribution in [3.63, 3.8) is 0 Å². The van der Waals surface area contributed by atoms with Crippen LogP contribution in [0.15, 0.2) is 40.9 Å². The fourth-order valence-corrected chi connectivity index (χ4v) is 2.16. The number of hydrogen-bond donors (Lipinski definition) is 2. The lowest BCUT2D eigenvalue weighted by Gasteiger charge is -2.09. The first-order valence-corrected chi connectivity index (χ1v) is 6.38. The van der Waals surface area contributed by atoms with Crippen LogP contribution in [0.25, 0.3) is 0 Å². The summed E-state index contributed by atoms with van der Waals surface area (Å²) in [6.45, 7) is 0. The Morgan fingerprint density at radius 3 is 2.70 bits per heavy atom. The van der Waals surface area contributed by atoms with Gasteiger partial charge < -0.3 is 15.2 Å². The zero-order valence-corrected chi connectivity index (χ0v) is 12.0. The summed E-state index contributed by atoms with van der Waals surface area (Å²) in [4.78, 5) is 10.4. The predicted molar refractivity (Wildman–Crippen MR) is 78.7 cm³/mol. The summed E-state index contributed by atoms with van der Waals surface area (Å²) in [5.74, 6) is 0.456. The van der Waals surface area contributed by atoms with E-state index < -0.39 is 4.92 Å². The molecule has 0 aliphatic heterocycles. The molecule has 0 radical (unpaired) electrons. The van der Waals surface area contributed by atoms with E-state index in [4.69, 9.17) is 4.74 Å². The molecular formula is C13H11BrN2O4. The van der Waals surface area contributed by atoms with Crippen LogP contribution in [0.2, 0.25) is 0 Å². The molecule has 0 aliphatic rings. The van der Waals surface area contributed by atoms with Gasteiger partial charge in [-0.05, 0) is 24.3 Å². The Hall–Kier alpha value is -2.28. The highest BCUT2D eigenvalue weighted by molar-refractivity contribution is 9.10. The molecule has 2 aromatic carbocycles. The normalized spacial score (nSPS) is 10.1. The maximum absolute atomic E-state index is 11.0. The van der Waals surface area contributed by atoms with Gasteiger partial charge in [0.1, 0.15) is 17.2 Å². The van der Waals surface area contributed by atoms with Crippen molar-refractivity contribution in [3.05, 3.63) is 51.0 Å². The van der Waals surface area contributed by atoms with Gasteiger partial charge in [-0.15, -0.1) is 0 Å². The van der Waals surface area contributed by atoms with Crippen LogP contribution < -0.4 is 10.1 Å². The second-order valence-corrected chi connectivity index (χ2v) is 4.88. The van der Waals surface area contributed by atoms with Crippen molar-refractivity contribution in [3.8, 4) is 11.5 Å². The second-order valence-electron chi connectivity index (χ2n) is 3.96. The van der Waals surface area contributed by atoms with Gasteiger partial charge in [-0.3, -0.25) is 10.1 Å². The van der Waals surface area contributed by atoms with Crippen molar-refractivity contribution in [1.29, 1.82) is 0 Å². The maximum Gasteiger partial charge on any atom is 0.296 e. The van der Waals surface area contributed by atoms with E-state index >= 15 is 0 Å². The van der Waals surface area contributed by atoms with E-state index in [1.807, 2.05) is 0 Å². The molecule has 0 spiro atoms. The molecule has 20 heavy (non-hydrogen) atoms. The van der Waals surface area contributed by atoms with E-state index in [-0.39, 0.29) is 17.1 Å². The number of aromatic hydroxyl groups is 1. The third-order valence-electron chi connectivity index (χ3n) is 2.56. The van der Waals surface area contributed by atoms with Gasteiger partial charge in [0.2, 0.25) is 0 Å². The number of ether oxygens (including phenoxy) is 1. The smallest absolute Gasteiger partial charge is 0.296 e. The summed E-state index contributed by atoms with van der Waals surface area (Å²) in [6, 6.07) is 9.17. The molecule has 0 unspecified atom stereocenters. The van der Waals surface area contributed by atoms with Gasteiger partial charge in [-0.1, -0.05) is 15.9 Å². The summed E-state index contributed by atoms with van der Waals surface area (Å²) >= 11 is 3.33. The summed E-state index contributed by atoms with van der Waals surface area (Å²) in [5.41, 5.74) is 0.710. The molecule has 2 rings (SSSR count). The number of nitro benzene ring substituents is 1.